The molecule has 0 spiro atoms. The van der Waals surface area contributed by atoms with E-state index in [4.69, 9.17) is 31.8 Å². The molecule has 4 heterocycles. The van der Waals surface area contributed by atoms with Gasteiger partial charge in [0.2, 0.25) is 11.8 Å². The molecule has 2 aromatic heterocycles. The summed E-state index contributed by atoms with van der Waals surface area (Å²) in [6.45, 7) is 7.61. The van der Waals surface area contributed by atoms with Crippen LogP contribution in [-0.2, 0) is 6.42 Å². The normalized spacial score (nSPS) is 18.4. The van der Waals surface area contributed by atoms with Gasteiger partial charge in [-0.25, -0.2) is 0 Å². The molecule has 2 N–H and O–H groups in total. The summed E-state index contributed by atoms with van der Waals surface area (Å²) in [6.07, 6.45) is 2.40. The zero-order valence-corrected chi connectivity index (χ0v) is 23.5. The van der Waals surface area contributed by atoms with Crippen LogP contribution >= 0.6 is 22.9 Å². The number of aryl methyl sites for hydroxylation is 1. The van der Waals surface area contributed by atoms with Gasteiger partial charge in [-0.05, 0) is 64.5 Å². The molecule has 0 amide bonds. The Morgan fingerprint density at radius 2 is 1.89 bits per heavy atom. The van der Waals surface area contributed by atoms with Gasteiger partial charge in [0, 0.05) is 29.0 Å². The van der Waals surface area contributed by atoms with Crippen LogP contribution in [0.3, 0.4) is 0 Å². The number of hydrogen-bond donors (Lipinski definition) is 2. The third kappa shape index (κ3) is 5.30. The molecule has 3 aromatic rings. The Morgan fingerprint density at radius 3 is 2.53 bits per heavy atom. The van der Waals surface area contributed by atoms with Crippen LogP contribution < -0.4 is 4.90 Å². The topological polar surface area (TPSA) is 105 Å². The van der Waals surface area contributed by atoms with Crippen molar-refractivity contribution in [2.24, 2.45) is 10.9 Å². The number of anilines is 1. The van der Waals surface area contributed by atoms with Crippen LogP contribution in [0, 0.1) is 42.4 Å². The van der Waals surface area contributed by atoms with E-state index in [-0.39, 0.29) is 18.1 Å². The zero-order valence-electron chi connectivity index (χ0n) is 21.9. The SMILES string of the molecule is CC(=N)N1C(=N)[C@H](Cc2nnc(C)o2)N=C(c2ccc(Cl)cc2)c2c1sc(C#CC1CCN(C)CC1)c2C. The van der Waals surface area contributed by atoms with Crippen molar-refractivity contribution >= 4 is 45.3 Å². The number of thiophene rings is 1. The Balaban J connectivity index is 1.64. The molecule has 8 nitrogen and oxygen atoms in total. The number of nitrogens with zero attached hydrogens (tertiary/aromatic N) is 5. The standard InChI is InChI=1S/C28H30ClN7OS/c1-16-23(10-5-19-11-13-35(4)14-12-19)38-28-25(16)26(20-6-8-21(29)9-7-20)32-22(27(31)36(28)17(2)30)15-24-34-33-18(3)37-24/h6-9,19,22,30-31H,11-15H2,1-4H3/t22-/m0/s1. The number of nitrogens with one attached hydrogen (secondary N) is 2. The molecular weight excluding hydrogens is 518 g/mol. The number of benzene rings is 1. The Labute approximate surface area is 231 Å². The maximum atomic E-state index is 9.14. The van der Waals surface area contributed by atoms with Crippen molar-refractivity contribution in [3.05, 3.63) is 62.6 Å². The summed E-state index contributed by atoms with van der Waals surface area (Å²) >= 11 is 7.73. The third-order valence-corrected chi connectivity index (χ3v) is 8.35. The summed E-state index contributed by atoms with van der Waals surface area (Å²) < 4.78 is 5.63. The van der Waals surface area contributed by atoms with Gasteiger partial charge in [0.25, 0.3) is 0 Å². The van der Waals surface area contributed by atoms with Crippen molar-refractivity contribution in [3.8, 4) is 11.8 Å². The van der Waals surface area contributed by atoms with Crippen molar-refractivity contribution in [2.75, 3.05) is 25.0 Å². The highest BCUT2D eigenvalue weighted by Gasteiger charge is 2.35. The van der Waals surface area contributed by atoms with Gasteiger partial charge in [-0.2, -0.15) is 0 Å². The monoisotopic (exact) mass is 547 g/mol. The maximum Gasteiger partial charge on any atom is 0.219 e. The van der Waals surface area contributed by atoms with E-state index in [2.05, 4.69) is 40.9 Å². The Kier molecular flexibility index (Phi) is 7.48. The van der Waals surface area contributed by atoms with Crippen LogP contribution in [0.25, 0.3) is 0 Å². The summed E-state index contributed by atoms with van der Waals surface area (Å²) in [7, 11) is 2.15. The van der Waals surface area contributed by atoms with Crippen molar-refractivity contribution < 1.29 is 4.42 Å². The van der Waals surface area contributed by atoms with E-state index in [1.54, 1.807) is 18.7 Å². The van der Waals surface area contributed by atoms with E-state index in [1.807, 2.05) is 24.3 Å². The number of fused-ring (bicyclic) bond motifs is 1. The average molecular weight is 548 g/mol. The number of hydrogen-bond acceptors (Lipinski definition) is 8. The maximum absolute atomic E-state index is 9.14. The van der Waals surface area contributed by atoms with Gasteiger partial charge in [-0.15, -0.1) is 21.5 Å². The molecule has 1 aromatic carbocycles. The van der Waals surface area contributed by atoms with Crippen LogP contribution in [0.2, 0.25) is 5.02 Å². The Morgan fingerprint density at radius 1 is 1.18 bits per heavy atom. The second kappa shape index (κ2) is 10.8. The highest BCUT2D eigenvalue weighted by Crippen LogP contribution is 2.40. The van der Waals surface area contributed by atoms with Gasteiger partial charge in [-0.1, -0.05) is 35.6 Å². The number of aromatic nitrogens is 2. The number of likely N-dealkylation sites (tertiary alicyclic amines) is 1. The highest BCUT2D eigenvalue weighted by molar-refractivity contribution is 7.17. The quantitative estimate of drug-likeness (QED) is 0.262. The molecule has 0 bridgehead atoms. The molecule has 0 unspecified atom stereocenters. The lowest BCUT2D eigenvalue weighted by atomic mass is 9.97. The largest absolute Gasteiger partial charge is 0.426 e. The molecule has 5 rings (SSSR count). The first-order chi connectivity index (χ1) is 18.2. The average Bonchev–Trinajstić information content (AvgIpc) is 3.40. The molecule has 38 heavy (non-hydrogen) atoms. The molecular formula is C28H30ClN7OS. The minimum atomic E-state index is -0.617. The van der Waals surface area contributed by atoms with Crippen LogP contribution in [-0.4, -0.2) is 58.7 Å². The van der Waals surface area contributed by atoms with Crippen molar-refractivity contribution in [1.29, 1.82) is 10.8 Å². The first-order valence-electron chi connectivity index (χ1n) is 12.6. The summed E-state index contributed by atoms with van der Waals surface area (Å²) in [5, 5.41) is 27.2. The van der Waals surface area contributed by atoms with Crippen LogP contribution in [0.1, 0.15) is 53.1 Å². The van der Waals surface area contributed by atoms with Crippen LogP contribution in [0.5, 0.6) is 0 Å². The summed E-state index contributed by atoms with van der Waals surface area (Å²) in [5.74, 6) is 8.64. The second-order valence-electron chi connectivity index (χ2n) is 9.81. The second-order valence-corrected chi connectivity index (χ2v) is 11.2. The molecule has 0 aliphatic carbocycles. The van der Waals surface area contributed by atoms with Crippen LogP contribution in [0.15, 0.2) is 33.7 Å². The predicted molar refractivity (Wildman–Crippen MR) is 153 cm³/mol. The van der Waals surface area contributed by atoms with E-state index < -0.39 is 6.04 Å². The van der Waals surface area contributed by atoms with Gasteiger partial charge < -0.3 is 9.32 Å². The molecule has 1 fully saturated rings. The van der Waals surface area contributed by atoms with E-state index in [1.165, 1.54) is 11.3 Å². The summed E-state index contributed by atoms with van der Waals surface area (Å²) in [6, 6.07) is 6.95. The molecule has 2 aliphatic rings. The third-order valence-electron chi connectivity index (χ3n) is 6.91. The summed E-state index contributed by atoms with van der Waals surface area (Å²) in [5.41, 5.74) is 3.53. The number of aliphatic imine (C=N–C) groups is 1. The first kappa shape index (κ1) is 26.3. The summed E-state index contributed by atoms with van der Waals surface area (Å²) in [4.78, 5) is 10.1. The smallest absolute Gasteiger partial charge is 0.219 e. The van der Waals surface area contributed by atoms with E-state index in [9.17, 15) is 0 Å². The van der Waals surface area contributed by atoms with E-state index in [0.717, 1.165) is 58.2 Å². The number of rotatable bonds is 3. The predicted octanol–water partition coefficient (Wildman–Crippen LogP) is 5.34. The minimum Gasteiger partial charge on any atom is -0.426 e. The zero-order chi connectivity index (χ0) is 27.0. The van der Waals surface area contributed by atoms with Gasteiger partial charge in [0.05, 0.1) is 17.0 Å². The fraction of sp³-hybridized carbons (Fsp3) is 0.393. The fourth-order valence-corrected chi connectivity index (χ4v) is 6.16. The van der Waals surface area contributed by atoms with Crippen molar-refractivity contribution in [2.45, 2.75) is 46.1 Å². The lowest BCUT2D eigenvalue weighted by molar-refractivity contribution is 0.248. The molecule has 0 saturated carbocycles. The Hall–Kier alpha value is -3.32. The van der Waals surface area contributed by atoms with Crippen molar-refractivity contribution in [3.63, 3.8) is 0 Å². The van der Waals surface area contributed by atoms with Gasteiger partial charge in [0.15, 0.2) is 0 Å². The lowest BCUT2D eigenvalue weighted by Crippen LogP contribution is -2.40. The highest BCUT2D eigenvalue weighted by atomic mass is 35.5. The number of piperidine rings is 1. The molecule has 0 radical (unpaired) electrons. The molecule has 10 heteroatoms. The van der Waals surface area contributed by atoms with Crippen LogP contribution in [0.4, 0.5) is 5.00 Å². The number of amidine groups is 2. The minimum absolute atomic E-state index is 0.189. The molecule has 2 aliphatic heterocycles. The lowest BCUT2D eigenvalue weighted by Gasteiger charge is -2.25. The van der Waals surface area contributed by atoms with Crippen molar-refractivity contribution in [1.82, 2.24) is 15.1 Å². The van der Waals surface area contributed by atoms with Gasteiger partial charge in [-0.3, -0.25) is 20.7 Å². The molecule has 1 atom stereocenters. The Bertz CT molecular complexity index is 1470. The van der Waals surface area contributed by atoms with Gasteiger partial charge >= 0.3 is 0 Å². The molecule has 196 valence electrons. The molecule has 1 saturated heterocycles. The fourth-order valence-electron chi connectivity index (χ4n) is 4.80. The van der Waals surface area contributed by atoms with E-state index >= 15 is 0 Å². The van der Waals surface area contributed by atoms with Gasteiger partial charge in [0.1, 0.15) is 22.7 Å². The number of halogens is 1. The van der Waals surface area contributed by atoms with E-state index in [0.29, 0.717) is 22.7 Å². The first-order valence-corrected chi connectivity index (χ1v) is 13.8.